The predicted octanol–water partition coefficient (Wildman–Crippen LogP) is 1.60. The zero-order valence-electron chi connectivity index (χ0n) is 13.8. The summed E-state index contributed by atoms with van der Waals surface area (Å²) < 4.78 is 20.0. The third-order valence-electron chi connectivity index (χ3n) is 3.54. The first-order valence-corrected chi connectivity index (χ1v) is 7.33. The summed E-state index contributed by atoms with van der Waals surface area (Å²) in [6.45, 7) is 1.62. The highest BCUT2D eigenvalue weighted by Gasteiger charge is 2.24. The van der Waals surface area contributed by atoms with Gasteiger partial charge in [-0.15, -0.1) is 0 Å². The van der Waals surface area contributed by atoms with Gasteiger partial charge < -0.3 is 15.2 Å². The van der Waals surface area contributed by atoms with Crippen LogP contribution in [0, 0.1) is 5.82 Å². The fourth-order valence-electron chi connectivity index (χ4n) is 2.08. The number of carbonyl (C=O) groups excluding carboxylic acids is 1. The lowest BCUT2D eigenvalue weighted by Gasteiger charge is -2.21. The Kier molecular flexibility index (Phi) is 5.35. The number of hydrogen-bond donors (Lipinski definition) is 2. The molecule has 2 aromatic rings. The van der Waals surface area contributed by atoms with Gasteiger partial charge in [-0.3, -0.25) is 9.48 Å². The number of nitrogens with zero attached hydrogens (tertiary/aromatic N) is 2. The number of rotatable bonds is 6. The van der Waals surface area contributed by atoms with Crippen LogP contribution in [-0.4, -0.2) is 34.4 Å². The molecule has 0 spiro atoms. The third-order valence-corrected chi connectivity index (χ3v) is 3.54. The second-order valence-electron chi connectivity index (χ2n) is 5.62. The molecule has 0 aliphatic heterocycles. The van der Waals surface area contributed by atoms with Crippen LogP contribution in [0.25, 0.3) is 6.08 Å². The summed E-state index contributed by atoms with van der Waals surface area (Å²) in [4.78, 5) is 11.9. The van der Waals surface area contributed by atoms with Crippen LogP contribution in [0.3, 0.4) is 0 Å². The van der Waals surface area contributed by atoms with Crippen molar-refractivity contribution in [3.8, 4) is 5.75 Å². The summed E-state index contributed by atoms with van der Waals surface area (Å²) in [5.41, 5.74) is -0.0989. The van der Waals surface area contributed by atoms with Crippen LogP contribution in [0.2, 0.25) is 0 Å². The minimum absolute atomic E-state index is 0.0266. The second kappa shape index (κ2) is 7.27. The highest BCUT2D eigenvalue weighted by molar-refractivity contribution is 5.91. The molecule has 0 radical (unpaired) electrons. The van der Waals surface area contributed by atoms with Gasteiger partial charge in [0.25, 0.3) is 0 Å². The molecule has 6 nitrogen and oxygen atoms in total. The lowest BCUT2D eigenvalue weighted by molar-refractivity contribution is -0.117. The first-order chi connectivity index (χ1) is 11.3. The number of halogens is 1. The SMILES string of the molecule is COc1ccc(C=CC(=O)NCC(C)(O)c2cnn(C)c2)cc1F. The van der Waals surface area contributed by atoms with E-state index in [1.165, 1.54) is 31.4 Å². The smallest absolute Gasteiger partial charge is 0.244 e. The fourth-order valence-corrected chi connectivity index (χ4v) is 2.08. The highest BCUT2D eigenvalue weighted by Crippen LogP contribution is 2.19. The largest absolute Gasteiger partial charge is 0.494 e. The first kappa shape index (κ1) is 17.7. The molecule has 0 bridgehead atoms. The van der Waals surface area contributed by atoms with E-state index in [9.17, 15) is 14.3 Å². The van der Waals surface area contributed by atoms with E-state index in [1.807, 2.05) is 0 Å². The lowest BCUT2D eigenvalue weighted by Crippen LogP contribution is -2.37. The van der Waals surface area contributed by atoms with Crippen molar-refractivity contribution in [2.24, 2.45) is 7.05 Å². The van der Waals surface area contributed by atoms with Gasteiger partial charge in [0.15, 0.2) is 11.6 Å². The number of aliphatic hydroxyl groups is 1. The van der Waals surface area contributed by atoms with Crippen molar-refractivity contribution in [2.45, 2.75) is 12.5 Å². The third kappa shape index (κ3) is 4.42. The standard InChI is InChI=1S/C17H20FN3O3/c1-17(23,13-9-20-21(2)10-13)11-19-16(22)7-5-12-4-6-15(24-3)14(18)8-12/h4-10,23H,11H2,1-3H3,(H,19,22). The lowest BCUT2D eigenvalue weighted by atomic mass is 10.00. The molecule has 1 aromatic carbocycles. The van der Waals surface area contributed by atoms with Crippen molar-refractivity contribution in [1.29, 1.82) is 0 Å². The van der Waals surface area contributed by atoms with Gasteiger partial charge in [-0.1, -0.05) is 6.07 Å². The molecule has 0 saturated carbocycles. The minimum atomic E-state index is -1.23. The number of ether oxygens (including phenoxy) is 1. The normalized spacial score (nSPS) is 13.7. The molecule has 128 valence electrons. The number of methoxy groups -OCH3 is 1. The van der Waals surface area contributed by atoms with Crippen molar-refractivity contribution in [2.75, 3.05) is 13.7 Å². The predicted molar refractivity (Wildman–Crippen MR) is 87.8 cm³/mol. The van der Waals surface area contributed by atoms with Crippen LogP contribution in [0.15, 0.2) is 36.7 Å². The van der Waals surface area contributed by atoms with Crippen LogP contribution >= 0.6 is 0 Å². The van der Waals surface area contributed by atoms with E-state index in [0.717, 1.165) is 0 Å². The van der Waals surface area contributed by atoms with Gasteiger partial charge in [0.05, 0.1) is 19.9 Å². The van der Waals surface area contributed by atoms with Crippen LogP contribution in [-0.2, 0) is 17.4 Å². The van der Waals surface area contributed by atoms with E-state index < -0.39 is 17.3 Å². The van der Waals surface area contributed by atoms with E-state index in [2.05, 4.69) is 10.4 Å². The Balaban J connectivity index is 1.94. The molecule has 2 rings (SSSR count). The number of carbonyl (C=O) groups is 1. The zero-order chi connectivity index (χ0) is 17.7. The van der Waals surface area contributed by atoms with Crippen molar-refractivity contribution in [1.82, 2.24) is 15.1 Å². The molecule has 2 N–H and O–H groups in total. The fraction of sp³-hybridized carbons (Fsp3) is 0.294. The quantitative estimate of drug-likeness (QED) is 0.788. The summed E-state index contributed by atoms with van der Waals surface area (Å²) in [5.74, 6) is -0.751. The maximum absolute atomic E-state index is 13.6. The summed E-state index contributed by atoms with van der Waals surface area (Å²) >= 11 is 0. The molecule has 7 heteroatoms. The number of hydrogen-bond acceptors (Lipinski definition) is 4. The van der Waals surface area contributed by atoms with E-state index in [4.69, 9.17) is 4.74 Å². The van der Waals surface area contributed by atoms with Gasteiger partial charge in [0.2, 0.25) is 5.91 Å². The molecular weight excluding hydrogens is 313 g/mol. The maximum atomic E-state index is 13.6. The molecule has 0 aliphatic carbocycles. The minimum Gasteiger partial charge on any atom is -0.494 e. The molecule has 24 heavy (non-hydrogen) atoms. The number of aromatic nitrogens is 2. The Hall–Kier alpha value is -2.67. The summed E-state index contributed by atoms with van der Waals surface area (Å²) in [5, 5.41) is 17.0. The van der Waals surface area contributed by atoms with E-state index in [0.29, 0.717) is 11.1 Å². The van der Waals surface area contributed by atoms with E-state index >= 15 is 0 Å². The van der Waals surface area contributed by atoms with Gasteiger partial charge in [-0.25, -0.2) is 4.39 Å². The molecule has 0 aliphatic rings. The van der Waals surface area contributed by atoms with Crippen LogP contribution in [0.4, 0.5) is 4.39 Å². The number of nitrogens with one attached hydrogen (secondary N) is 1. The van der Waals surface area contributed by atoms with Crippen LogP contribution in [0.1, 0.15) is 18.1 Å². The van der Waals surface area contributed by atoms with Crippen molar-refractivity contribution >= 4 is 12.0 Å². The zero-order valence-corrected chi connectivity index (χ0v) is 13.8. The van der Waals surface area contributed by atoms with E-state index in [-0.39, 0.29) is 12.3 Å². The summed E-state index contributed by atoms with van der Waals surface area (Å²) in [6, 6.07) is 4.39. The Morgan fingerprint density at radius 1 is 1.54 bits per heavy atom. The molecule has 1 unspecified atom stereocenters. The van der Waals surface area contributed by atoms with Gasteiger partial charge in [-0.2, -0.15) is 5.10 Å². The van der Waals surface area contributed by atoms with Crippen LogP contribution < -0.4 is 10.1 Å². The average Bonchev–Trinajstić information content (AvgIpc) is 2.98. The Labute approximate surface area is 139 Å². The Bertz CT molecular complexity index is 753. The topological polar surface area (TPSA) is 76.4 Å². The Morgan fingerprint density at radius 3 is 2.88 bits per heavy atom. The molecule has 1 atom stereocenters. The van der Waals surface area contributed by atoms with Gasteiger partial charge in [-0.05, 0) is 30.7 Å². The van der Waals surface area contributed by atoms with Crippen molar-refractivity contribution in [3.63, 3.8) is 0 Å². The molecule has 0 fully saturated rings. The molecular formula is C17H20FN3O3. The van der Waals surface area contributed by atoms with Crippen LogP contribution in [0.5, 0.6) is 5.75 Å². The number of benzene rings is 1. The highest BCUT2D eigenvalue weighted by atomic mass is 19.1. The van der Waals surface area contributed by atoms with Gasteiger partial charge >= 0.3 is 0 Å². The molecule has 1 aromatic heterocycles. The van der Waals surface area contributed by atoms with Gasteiger partial charge in [0.1, 0.15) is 5.60 Å². The van der Waals surface area contributed by atoms with Crippen molar-refractivity contribution in [3.05, 3.63) is 53.6 Å². The maximum Gasteiger partial charge on any atom is 0.244 e. The van der Waals surface area contributed by atoms with E-state index in [1.54, 1.807) is 37.1 Å². The average molecular weight is 333 g/mol. The molecule has 1 heterocycles. The van der Waals surface area contributed by atoms with Crippen molar-refractivity contribution < 1.29 is 19.0 Å². The summed E-state index contributed by atoms with van der Waals surface area (Å²) in [7, 11) is 3.13. The van der Waals surface area contributed by atoms with Gasteiger partial charge in [0, 0.05) is 24.9 Å². The second-order valence-corrected chi connectivity index (χ2v) is 5.62. The monoisotopic (exact) mass is 333 g/mol. The number of aryl methyl sites for hydroxylation is 1. The first-order valence-electron chi connectivity index (χ1n) is 7.33. The molecule has 1 amide bonds. The summed E-state index contributed by atoms with van der Waals surface area (Å²) in [6.07, 6.45) is 5.99. The number of amides is 1. The Morgan fingerprint density at radius 2 is 2.29 bits per heavy atom. The molecule has 0 saturated heterocycles.